The van der Waals surface area contributed by atoms with Crippen molar-refractivity contribution in [3.05, 3.63) is 23.0 Å². The first-order valence-electron chi connectivity index (χ1n) is 5.49. The van der Waals surface area contributed by atoms with E-state index in [0.29, 0.717) is 5.56 Å². The standard InChI is InChI=1S/C12H17NO2/c1-8-7-11(12(14)15)9(2)13(8)6-5-10-3-4-10/h7,10H,3-6H2,1-2H3,(H,14,15). The van der Waals surface area contributed by atoms with Crippen LogP contribution in [0, 0.1) is 19.8 Å². The number of carbonyl (C=O) groups is 1. The van der Waals surface area contributed by atoms with Gasteiger partial charge in [0.05, 0.1) is 5.56 Å². The lowest BCUT2D eigenvalue weighted by Gasteiger charge is -2.08. The Hall–Kier alpha value is -1.25. The Balaban J connectivity index is 2.17. The van der Waals surface area contributed by atoms with E-state index in [-0.39, 0.29) is 0 Å². The van der Waals surface area contributed by atoms with Crippen molar-refractivity contribution >= 4 is 5.97 Å². The SMILES string of the molecule is Cc1cc(C(=O)O)c(C)n1CCC1CC1. The summed E-state index contributed by atoms with van der Waals surface area (Å²) in [6.07, 6.45) is 3.89. The second kappa shape index (κ2) is 3.72. The first-order valence-corrected chi connectivity index (χ1v) is 5.49. The Morgan fingerprint density at radius 3 is 2.67 bits per heavy atom. The summed E-state index contributed by atoms with van der Waals surface area (Å²) < 4.78 is 2.13. The molecule has 1 heterocycles. The molecular formula is C12H17NO2. The maximum atomic E-state index is 10.9. The number of carboxylic acid groups (broad SMARTS) is 1. The fraction of sp³-hybridized carbons (Fsp3) is 0.583. The predicted octanol–water partition coefficient (Wildman–Crippen LogP) is 2.60. The summed E-state index contributed by atoms with van der Waals surface area (Å²) in [6.45, 7) is 4.84. The van der Waals surface area contributed by atoms with Crippen molar-refractivity contribution in [3.63, 3.8) is 0 Å². The fourth-order valence-corrected chi connectivity index (χ4v) is 2.08. The lowest BCUT2D eigenvalue weighted by Crippen LogP contribution is -2.05. The van der Waals surface area contributed by atoms with E-state index in [2.05, 4.69) is 4.57 Å². The first-order chi connectivity index (χ1) is 7.09. The lowest BCUT2D eigenvalue weighted by atomic mass is 10.2. The summed E-state index contributed by atoms with van der Waals surface area (Å²) in [7, 11) is 0. The topological polar surface area (TPSA) is 42.2 Å². The molecule has 1 aliphatic rings. The van der Waals surface area contributed by atoms with Gasteiger partial charge in [-0.15, -0.1) is 0 Å². The van der Waals surface area contributed by atoms with Crippen molar-refractivity contribution in [2.75, 3.05) is 0 Å². The minimum Gasteiger partial charge on any atom is -0.478 e. The van der Waals surface area contributed by atoms with E-state index in [1.165, 1.54) is 19.3 Å². The third-order valence-corrected chi connectivity index (χ3v) is 3.26. The largest absolute Gasteiger partial charge is 0.478 e. The third-order valence-electron chi connectivity index (χ3n) is 3.26. The summed E-state index contributed by atoms with van der Waals surface area (Å²) >= 11 is 0. The number of aromatic carboxylic acids is 1. The van der Waals surface area contributed by atoms with Gasteiger partial charge < -0.3 is 9.67 Å². The smallest absolute Gasteiger partial charge is 0.337 e. The Bertz CT molecular complexity index is 389. The molecule has 3 heteroatoms. The zero-order valence-corrected chi connectivity index (χ0v) is 9.29. The summed E-state index contributed by atoms with van der Waals surface area (Å²) in [6, 6.07) is 1.77. The van der Waals surface area contributed by atoms with Gasteiger partial charge in [0.2, 0.25) is 0 Å². The monoisotopic (exact) mass is 207 g/mol. The van der Waals surface area contributed by atoms with E-state index < -0.39 is 5.97 Å². The van der Waals surface area contributed by atoms with Crippen LogP contribution in [0.15, 0.2) is 6.07 Å². The highest BCUT2D eigenvalue weighted by atomic mass is 16.4. The number of hydrogen-bond acceptors (Lipinski definition) is 1. The summed E-state index contributed by atoms with van der Waals surface area (Å²) in [5.74, 6) is 0.0697. The molecule has 1 aliphatic carbocycles. The fourth-order valence-electron chi connectivity index (χ4n) is 2.08. The number of rotatable bonds is 4. The average molecular weight is 207 g/mol. The minimum absolute atomic E-state index is 0.447. The Kier molecular flexibility index (Phi) is 2.55. The molecule has 1 aromatic rings. The van der Waals surface area contributed by atoms with Gasteiger partial charge in [-0.05, 0) is 32.3 Å². The van der Waals surface area contributed by atoms with Crippen LogP contribution in [0.1, 0.15) is 41.0 Å². The van der Waals surface area contributed by atoms with E-state index in [4.69, 9.17) is 5.11 Å². The number of nitrogens with zero attached hydrogens (tertiary/aromatic N) is 1. The molecule has 2 rings (SSSR count). The highest BCUT2D eigenvalue weighted by Crippen LogP contribution is 2.33. The number of hydrogen-bond donors (Lipinski definition) is 1. The molecule has 0 spiro atoms. The Morgan fingerprint density at radius 2 is 2.20 bits per heavy atom. The maximum absolute atomic E-state index is 10.9. The molecule has 3 nitrogen and oxygen atoms in total. The summed E-state index contributed by atoms with van der Waals surface area (Å²) in [5.41, 5.74) is 2.40. The van der Waals surface area contributed by atoms with E-state index >= 15 is 0 Å². The Morgan fingerprint density at radius 1 is 1.53 bits per heavy atom. The third kappa shape index (κ3) is 2.06. The van der Waals surface area contributed by atoms with Crippen LogP contribution >= 0.6 is 0 Å². The predicted molar refractivity (Wildman–Crippen MR) is 58.2 cm³/mol. The molecule has 1 fully saturated rings. The molecular weight excluding hydrogens is 190 g/mol. The van der Waals surface area contributed by atoms with Gasteiger partial charge in [0.25, 0.3) is 0 Å². The van der Waals surface area contributed by atoms with Crippen LogP contribution in [0.25, 0.3) is 0 Å². The quantitative estimate of drug-likeness (QED) is 0.824. The zero-order valence-electron chi connectivity index (χ0n) is 9.29. The van der Waals surface area contributed by atoms with Crippen LogP contribution in [0.3, 0.4) is 0 Å². The van der Waals surface area contributed by atoms with Gasteiger partial charge in [0.1, 0.15) is 0 Å². The minimum atomic E-state index is -0.819. The summed E-state index contributed by atoms with van der Waals surface area (Å²) in [5, 5.41) is 8.98. The molecule has 15 heavy (non-hydrogen) atoms. The van der Waals surface area contributed by atoms with Crippen LogP contribution in [0.4, 0.5) is 0 Å². The van der Waals surface area contributed by atoms with Gasteiger partial charge in [-0.1, -0.05) is 12.8 Å². The van der Waals surface area contributed by atoms with Crippen molar-refractivity contribution in [2.45, 2.75) is 39.7 Å². The molecule has 0 radical (unpaired) electrons. The molecule has 0 saturated heterocycles. The highest BCUT2D eigenvalue weighted by molar-refractivity contribution is 5.89. The molecule has 1 aromatic heterocycles. The zero-order chi connectivity index (χ0) is 11.0. The number of aryl methyl sites for hydroxylation is 1. The first kappa shape index (κ1) is 10.3. The van der Waals surface area contributed by atoms with E-state index in [1.54, 1.807) is 6.07 Å². The average Bonchev–Trinajstić information content (AvgIpc) is 2.93. The molecule has 0 aromatic carbocycles. The molecule has 0 atom stereocenters. The van der Waals surface area contributed by atoms with Crippen LogP contribution < -0.4 is 0 Å². The highest BCUT2D eigenvalue weighted by Gasteiger charge is 2.22. The van der Waals surface area contributed by atoms with Gasteiger partial charge >= 0.3 is 5.97 Å². The van der Waals surface area contributed by atoms with Crippen molar-refractivity contribution in [3.8, 4) is 0 Å². The number of carboxylic acids is 1. The van der Waals surface area contributed by atoms with E-state index in [0.717, 1.165) is 23.9 Å². The molecule has 82 valence electrons. The van der Waals surface area contributed by atoms with Crippen LogP contribution in [0.2, 0.25) is 0 Å². The molecule has 0 bridgehead atoms. The molecule has 0 unspecified atom stereocenters. The Labute approximate surface area is 89.7 Å². The van der Waals surface area contributed by atoms with Gasteiger partial charge in [-0.3, -0.25) is 0 Å². The van der Waals surface area contributed by atoms with Crippen LogP contribution in [-0.2, 0) is 6.54 Å². The summed E-state index contributed by atoms with van der Waals surface area (Å²) in [4.78, 5) is 10.9. The molecule has 0 amide bonds. The molecule has 1 saturated carbocycles. The van der Waals surface area contributed by atoms with Crippen LogP contribution in [0.5, 0.6) is 0 Å². The van der Waals surface area contributed by atoms with Gasteiger partial charge in [-0.2, -0.15) is 0 Å². The van der Waals surface area contributed by atoms with Gasteiger partial charge in [0, 0.05) is 17.9 Å². The van der Waals surface area contributed by atoms with E-state index in [9.17, 15) is 4.79 Å². The van der Waals surface area contributed by atoms with Crippen LogP contribution in [-0.4, -0.2) is 15.6 Å². The molecule has 0 aliphatic heterocycles. The van der Waals surface area contributed by atoms with Crippen molar-refractivity contribution in [1.82, 2.24) is 4.57 Å². The van der Waals surface area contributed by atoms with Crippen molar-refractivity contribution < 1.29 is 9.90 Å². The second-order valence-electron chi connectivity index (χ2n) is 4.47. The maximum Gasteiger partial charge on any atom is 0.337 e. The molecule has 1 N–H and O–H groups in total. The number of aromatic nitrogens is 1. The lowest BCUT2D eigenvalue weighted by molar-refractivity contribution is 0.0696. The normalized spacial score (nSPS) is 15.6. The van der Waals surface area contributed by atoms with Crippen molar-refractivity contribution in [2.24, 2.45) is 5.92 Å². The second-order valence-corrected chi connectivity index (χ2v) is 4.47. The van der Waals surface area contributed by atoms with Crippen molar-refractivity contribution in [1.29, 1.82) is 0 Å². The van der Waals surface area contributed by atoms with Gasteiger partial charge in [0.15, 0.2) is 0 Å². The van der Waals surface area contributed by atoms with E-state index in [1.807, 2.05) is 13.8 Å². The van der Waals surface area contributed by atoms with Gasteiger partial charge in [-0.25, -0.2) is 4.79 Å².